The number of likely N-dealkylation sites (tertiary alicyclic amines) is 1. The van der Waals surface area contributed by atoms with Gasteiger partial charge in [0.2, 0.25) is 0 Å². The first-order valence-electron chi connectivity index (χ1n) is 15.8. The Labute approximate surface area is 261 Å². The number of pyridine rings is 1. The number of ether oxygens (including phenoxy) is 2. The van der Waals surface area contributed by atoms with E-state index in [0.717, 1.165) is 49.5 Å². The number of nitrogens with zero attached hydrogens (tertiary/aromatic N) is 5. The SMILES string of the molecule is COCC(=O)N1CCCN(Cc2ccccn2)CCN(C(=O)c2cccc(OCCN3CCCCC3)c2)Cc2ccccc21. The zero-order valence-electron chi connectivity index (χ0n) is 25.9. The van der Waals surface area contributed by atoms with E-state index < -0.39 is 0 Å². The number of anilines is 1. The molecule has 1 saturated heterocycles. The van der Waals surface area contributed by atoms with Gasteiger partial charge >= 0.3 is 0 Å². The van der Waals surface area contributed by atoms with Crippen LogP contribution >= 0.6 is 0 Å². The summed E-state index contributed by atoms with van der Waals surface area (Å²) in [5.41, 5.74) is 3.32. The zero-order chi connectivity index (χ0) is 30.6. The molecule has 9 heteroatoms. The molecule has 2 aliphatic rings. The van der Waals surface area contributed by atoms with Crippen molar-refractivity contribution in [3.63, 3.8) is 0 Å². The fraction of sp³-hybridized carbons (Fsp3) is 0.457. The van der Waals surface area contributed by atoms with Crippen molar-refractivity contribution in [3.8, 4) is 5.75 Å². The molecule has 0 saturated carbocycles. The standard InChI is InChI=1S/C35H45N5O4/c1-43-28-34(41)40-20-10-19-38(27-31-13-5-6-16-36-31)21-22-39(26-30-11-3-4-15-33(30)40)35(42)29-12-9-14-32(25-29)44-24-23-37-17-7-2-8-18-37/h3-6,9,11-16,25H,2,7-8,10,17-24,26-28H2,1H3. The summed E-state index contributed by atoms with van der Waals surface area (Å²) in [7, 11) is 1.54. The van der Waals surface area contributed by atoms with Crippen molar-refractivity contribution in [2.75, 3.05) is 71.0 Å². The number of benzene rings is 2. The van der Waals surface area contributed by atoms with Gasteiger partial charge in [-0.1, -0.05) is 36.8 Å². The summed E-state index contributed by atoms with van der Waals surface area (Å²) in [6.45, 7) is 7.34. The first kappa shape index (κ1) is 31.6. The Morgan fingerprint density at radius 3 is 2.45 bits per heavy atom. The summed E-state index contributed by atoms with van der Waals surface area (Å²) in [5, 5.41) is 0. The second-order valence-electron chi connectivity index (χ2n) is 11.6. The molecule has 3 aromatic rings. The fourth-order valence-corrected chi connectivity index (χ4v) is 6.03. The summed E-state index contributed by atoms with van der Waals surface area (Å²) in [6.07, 6.45) is 6.40. The van der Waals surface area contributed by atoms with Crippen molar-refractivity contribution in [3.05, 3.63) is 89.7 Å². The van der Waals surface area contributed by atoms with E-state index in [0.29, 0.717) is 50.6 Å². The number of carbonyl (C=O) groups excluding carboxylic acids is 2. The smallest absolute Gasteiger partial charge is 0.254 e. The highest BCUT2D eigenvalue weighted by atomic mass is 16.5. The Balaban J connectivity index is 1.37. The number of amides is 2. The maximum atomic E-state index is 14.1. The summed E-state index contributed by atoms with van der Waals surface area (Å²) >= 11 is 0. The van der Waals surface area contributed by atoms with E-state index in [2.05, 4.69) is 14.8 Å². The van der Waals surface area contributed by atoms with Crippen LogP contribution in [0.1, 0.15) is 47.3 Å². The molecule has 0 unspecified atom stereocenters. The molecule has 3 heterocycles. The molecule has 9 nitrogen and oxygen atoms in total. The number of carbonyl (C=O) groups is 2. The molecule has 234 valence electrons. The van der Waals surface area contributed by atoms with Crippen molar-refractivity contribution >= 4 is 17.5 Å². The van der Waals surface area contributed by atoms with Crippen LogP contribution in [0.15, 0.2) is 72.9 Å². The first-order valence-corrected chi connectivity index (χ1v) is 15.8. The van der Waals surface area contributed by atoms with E-state index in [-0.39, 0.29) is 18.4 Å². The Kier molecular flexibility index (Phi) is 11.7. The lowest BCUT2D eigenvalue weighted by molar-refractivity contribution is -0.122. The predicted molar refractivity (Wildman–Crippen MR) is 172 cm³/mol. The molecule has 0 bridgehead atoms. The summed E-state index contributed by atoms with van der Waals surface area (Å²) in [4.78, 5) is 40.4. The quantitative estimate of drug-likeness (QED) is 0.359. The average molecular weight is 600 g/mol. The Bertz CT molecular complexity index is 1350. The van der Waals surface area contributed by atoms with Crippen molar-refractivity contribution < 1.29 is 19.1 Å². The van der Waals surface area contributed by atoms with Crippen molar-refractivity contribution in [1.82, 2.24) is 19.7 Å². The van der Waals surface area contributed by atoms with E-state index in [4.69, 9.17) is 9.47 Å². The van der Waals surface area contributed by atoms with E-state index in [9.17, 15) is 9.59 Å². The first-order chi connectivity index (χ1) is 21.6. The fourth-order valence-electron chi connectivity index (χ4n) is 6.03. The van der Waals surface area contributed by atoms with Gasteiger partial charge in [-0.3, -0.25) is 24.4 Å². The van der Waals surface area contributed by atoms with Crippen LogP contribution in [0, 0.1) is 0 Å². The van der Waals surface area contributed by atoms with Gasteiger partial charge in [-0.15, -0.1) is 0 Å². The number of aromatic nitrogens is 1. The number of methoxy groups -OCH3 is 1. The highest BCUT2D eigenvalue weighted by Crippen LogP contribution is 2.25. The minimum absolute atomic E-state index is 0.000813. The third kappa shape index (κ3) is 8.87. The van der Waals surface area contributed by atoms with Gasteiger partial charge in [0.1, 0.15) is 19.0 Å². The van der Waals surface area contributed by atoms with E-state index in [1.54, 1.807) is 6.20 Å². The Morgan fingerprint density at radius 1 is 0.818 bits per heavy atom. The molecule has 2 aromatic carbocycles. The third-order valence-electron chi connectivity index (χ3n) is 8.36. The Morgan fingerprint density at radius 2 is 1.64 bits per heavy atom. The monoisotopic (exact) mass is 599 g/mol. The number of para-hydroxylation sites is 1. The maximum Gasteiger partial charge on any atom is 0.254 e. The van der Waals surface area contributed by atoms with Gasteiger partial charge < -0.3 is 19.3 Å². The van der Waals surface area contributed by atoms with Gasteiger partial charge in [0, 0.05) is 70.4 Å². The lowest BCUT2D eigenvalue weighted by Crippen LogP contribution is -2.38. The molecular formula is C35H45N5O4. The number of hydrogen-bond donors (Lipinski definition) is 0. The highest BCUT2D eigenvalue weighted by molar-refractivity contribution is 5.96. The van der Waals surface area contributed by atoms with Crippen molar-refractivity contribution in [1.29, 1.82) is 0 Å². The van der Waals surface area contributed by atoms with Crippen LogP contribution in [0.5, 0.6) is 5.75 Å². The molecular weight excluding hydrogens is 554 g/mol. The third-order valence-corrected chi connectivity index (χ3v) is 8.36. The molecule has 1 fully saturated rings. The second-order valence-corrected chi connectivity index (χ2v) is 11.6. The second kappa shape index (κ2) is 16.3. The molecule has 0 N–H and O–H groups in total. The van der Waals surface area contributed by atoms with E-state index in [1.807, 2.05) is 76.5 Å². The predicted octanol–water partition coefficient (Wildman–Crippen LogP) is 4.47. The number of rotatable bonds is 9. The van der Waals surface area contributed by atoms with E-state index in [1.165, 1.54) is 26.4 Å². The maximum absolute atomic E-state index is 14.1. The van der Waals surface area contributed by atoms with Gasteiger partial charge in [0.15, 0.2) is 0 Å². The lowest BCUT2D eigenvalue weighted by Gasteiger charge is -2.28. The molecule has 0 spiro atoms. The van der Waals surface area contributed by atoms with Gasteiger partial charge in [-0.05, 0) is 74.3 Å². The van der Waals surface area contributed by atoms with Crippen molar-refractivity contribution in [2.45, 2.75) is 38.8 Å². The molecule has 0 radical (unpaired) electrons. The van der Waals surface area contributed by atoms with Crippen LogP contribution in [-0.4, -0.2) is 97.6 Å². The average Bonchev–Trinajstić information content (AvgIpc) is 3.09. The summed E-state index contributed by atoms with van der Waals surface area (Å²) < 4.78 is 11.3. The minimum atomic E-state index is -0.0947. The van der Waals surface area contributed by atoms with Crippen LogP contribution in [0.3, 0.4) is 0 Å². The molecule has 1 aromatic heterocycles. The molecule has 2 aliphatic heterocycles. The molecule has 0 atom stereocenters. The topological polar surface area (TPSA) is 78.5 Å². The summed E-state index contributed by atoms with van der Waals surface area (Å²) in [5.74, 6) is 0.551. The van der Waals surface area contributed by atoms with Crippen molar-refractivity contribution in [2.24, 2.45) is 0 Å². The lowest BCUT2D eigenvalue weighted by atomic mass is 10.1. The molecule has 5 rings (SSSR count). The Hall–Kier alpha value is -3.79. The number of piperidine rings is 1. The summed E-state index contributed by atoms with van der Waals surface area (Å²) in [6, 6.07) is 21.3. The number of hydrogen-bond acceptors (Lipinski definition) is 7. The molecule has 0 aliphatic carbocycles. The largest absolute Gasteiger partial charge is 0.492 e. The van der Waals surface area contributed by atoms with Gasteiger partial charge in [0.25, 0.3) is 11.8 Å². The van der Waals surface area contributed by atoms with E-state index >= 15 is 0 Å². The van der Waals surface area contributed by atoms with Gasteiger partial charge in [-0.2, -0.15) is 0 Å². The zero-order valence-corrected chi connectivity index (χ0v) is 25.9. The highest BCUT2D eigenvalue weighted by Gasteiger charge is 2.24. The number of fused-ring (bicyclic) bond motifs is 1. The van der Waals surface area contributed by atoms with Crippen LogP contribution in [-0.2, 0) is 22.6 Å². The molecule has 2 amide bonds. The molecule has 44 heavy (non-hydrogen) atoms. The van der Waals surface area contributed by atoms with Gasteiger partial charge in [-0.25, -0.2) is 0 Å². The minimum Gasteiger partial charge on any atom is -0.492 e. The normalized spacial score (nSPS) is 17.0. The van der Waals surface area contributed by atoms with Crippen LogP contribution in [0.25, 0.3) is 0 Å². The van der Waals surface area contributed by atoms with Crippen LogP contribution in [0.4, 0.5) is 5.69 Å². The van der Waals surface area contributed by atoms with Crippen LogP contribution < -0.4 is 9.64 Å². The van der Waals surface area contributed by atoms with Gasteiger partial charge in [0.05, 0.1) is 5.69 Å². The van der Waals surface area contributed by atoms with Crippen LogP contribution in [0.2, 0.25) is 0 Å².